The monoisotopic (exact) mass is 222 g/mol. The van der Waals surface area contributed by atoms with Gasteiger partial charge in [0, 0.05) is 26.2 Å². The fourth-order valence-corrected chi connectivity index (χ4v) is 1.56. The van der Waals surface area contributed by atoms with E-state index in [0.717, 1.165) is 32.5 Å². The Bertz CT molecular complexity index is 264. The number of hydrogen-bond acceptors (Lipinski definition) is 3. The first-order chi connectivity index (χ1) is 7.83. The van der Waals surface area contributed by atoms with Gasteiger partial charge in [0.1, 0.15) is 0 Å². The van der Waals surface area contributed by atoms with Crippen molar-refractivity contribution in [2.75, 3.05) is 26.8 Å². The van der Waals surface area contributed by atoms with Crippen LogP contribution in [0.25, 0.3) is 0 Å². The van der Waals surface area contributed by atoms with Gasteiger partial charge in [0.15, 0.2) is 0 Å². The molecule has 1 aromatic carbocycles. The van der Waals surface area contributed by atoms with Crippen LogP contribution in [-0.2, 0) is 11.2 Å². The van der Waals surface area contributed by atoms with E-state index in [2.05, 4.69) is 29.6 Å². The minimum atomic E-state index is 0.220. The summed E-state index contributed by atoms with van der Waals surface area (Å²) < 4.78 is 4.95. The zero-order valence-corrected chi connectivity index (χ0v) is 9.99. The summed E-state index contributed by atoms with van der Waals surface area (Å²) in [5.41, 5.74) is 7.36. The molecule has 0 aromatic heterocycles. The van der Waals surface area contributed by atoms with Crippen molar-refractivity contribution in [1.29, 1.82) is 0 Å². The second-order valence-electron chi connectivity index (χ2n) is 3.98. The number of nitrogens with one attached hydrogen (secondary N) is 1. The van der Waals surface area contributed by atoms with Gasteiger partial charge in [-0.3, -0.25) is 0 Å². The van der Waals surface area contributed by atoms with E-state index in [9.17, 15) is 0 Å². The van der Waals surface area contributed by atoms with Crippen LogP contribution < -0.4 is 11.1 Å². The van der Waals surface area contributed by atoms with Crippen LogP contribution in [0.5, 0.6) is 0 Å². The molecule has 0 amide bonds. The lowest BCUT2D eigenvalue weighted by molar-refractivity contribution is 0.199. The zero-order chi connectivity index (χ0) is 11.6. The number of benzene rings is 1. The van der Waals surface area contributed by atoms with E-state index in [1.54, 1.807) is 7.11 Å². The molecular formula is C13H22N2O. The molecule has 0 saturated heterocycles. The van der Waals surface area contributed by atoms with E-state index >= 15 is 0 Å². The third-order valence-corrected chi connectivity index (χ3v) is 2.54. The van der Waals surface area contributed by atoms with Crippen LogP contribution in [0.3, 0.4) is 0 Å². The van der Waals surface area contributed by atoms with Gasteiger partial charge in [0.05, 0.1) is 6.61 Å². The van der Waals surface area contributed by atoms with Gasteiger partial charge >= 0.3 is 0 Å². The molecule has 1 aromatic rings. The number of methoxy groups -OCH3 is 1. The molecular weight excluding hydrogens is 200 g/mol. The number of rotatable bonds is 8. The second-order valence-corrected chi connectivity index (χ2v) is 3.98. The molecule has 0 heterocycles. The lowest BCUT2D eigenvalue weighted by Crippen LogP contribution is -2.35. The molecule has 3 heteroatoms. The summed E-state index contributed by atoms with van der Waals surface area (Å²) in [5, 5.41) is 3.27. The largest absolute Gasteiger partial charge is 0.383 e. The number of hydrogen-bond donors (Lipinski definition) is 2. The van der Waals surface area contributed by atoms with Crippen molar-refractivity contribution >= 4 is 0 Å². The zero-order valence-electron chi connectivity index (χ0n) is 9.99. The Morgan fingerprint density at radius 1 is 1.31 bits per heavy atom. The van der Waals surface area contributed by atoms with Crippen molar-refractivity contribution in [2.24, 2.45) is 5.73 Å². The topological polar surface area (TPSA) is 47.3 Å². The quantitative estimate of drug-likeness (QED) is 0.649. The van der Waals surface area contributed by atoms with E-state index in [1.165, 1.54) is 5.56 Å². The van der Waals surface area contributed by atoms with Crippen molar-refractivity contribution in [3.05, 3.63) is 35.9 Å². The molecule has 3 nitrogen and oxygen atoms in total. The maximum atomic E-state index is 6.00. The van der Waals surface area contributed by atoms with Crippen LogP contribution >= 0.6 is 0 Å². The fraction of sp³-hybridized carbons (Fsp3) is 0.538. The van der Waals surface area contributed by atoms with Gasteiger partial charge in [0.25, 0.3) is 0 Å². The molecule has 0 bridgehead atoms. The van der Waals surface area contributed by atoms with Gasteiger partial charge < -0.3 is 15.8 Å². The molecule has 1 unspecified atom stereocenters. The molecule has 1 atom stereocenters. The highest BCUT2D eigenvalue weighted by atomic mass is 16.5. The molecule has 0 fully saturated rings. The Balaban J connectivity index is 2.08. The summed E-state index contributed by atoms with van der Waals surface area (Å²) in [4.78, 5) is 0. The molecule has 0 radical (unpaired) electrons. The van der Waals surface area contributed by atoms with Crippen LogP contribution in [0.2, 0.25) is 0 Å². The van der Waals surface area contributed by atoms with Crippen LogP contribution in [-0.4, -0.2) is 32.8 Å². The van der Waals surface area contributed by atoms with Gasteiger partial charge in [-0.05, 0) is 18.4 Å². The average Bonchev–Trinajstić information content (AvgIpc) is 2.33. The first-order valence-corrected chi connectivity index (χ1v) is 5.82. The third-order valence-electron chi connectivity index (χ3n) is 2.54. The highest BCUT2D eigenvalue weighted by Crippen LogP contribution is 2.03. The predicted octanol–water partition coefficient (Wildman–Crippen LogP) is 1.18. The van der Waals surface area contributed by atoms with Crippen molar-refractivity contribution in [3.8, 4) is 0 Å². The summed E-state index contributed by atoms with van der Waals surface area (Å²) in [6.45, 7) is 2.47. The maximum Gasteiger partial charge on any atom is 0.0587 e. The van der Waals surface area contributed by atoms with E-state index in [1.807, 2.05) is 6.07 Å². The normalized spacial score (nSPS) is 12.6. The van der Waals surface area contributed by atoms with Gasteiger partial charge in [-0.15, -0.1) is 0 Å². The van der Waals surface area contributed by atoms with E-state index in [4.69, 9.17) is 10.5 Å². The van der Waals surface area contributed by atoms with Crippen LogP contribution in [0.1, 0.15) is 12.0 Å². The first-order valence-electron chi connectivity index (χ1n) is 5.82. The highest BCUT2D eigenvalue weighted by Gasteiger charge is 2.02. The van der Waals surface area contributed by atoms with Crippen molar-refractivity contribution in [1.82, 2.24) is 5.32 Å². The Hall–Kier alpha value is -0.900. The van der Waals surface area contributed by atoms with E-state index in [0.29, 0.717) is 0 Å². The molecule has 16 heavy (non-hydrogen) atoms. The van der Waals surface area contributed by atoms with Crippen LogP contribution in [0, 0.1) is 0 Å². The second kappa shape index (κ2) is 8.28. The molecule has 1 rings (SSSR count). The van der Waals surface area contributed by atoms with Crippen LogP contribution in [0.4, 0.5) is 0 Å². The minimum absolute atomic E-state index is 0.220. The molecule has 90 valence electrons. The summed E-state index contributed by atoms with van der Waals surface area (Å²) >= 11 is 0. The Morgan fingerprint density at radius 3 is 2.75 bits per heavy atom. The number of aryl methyl sites for hydroxylation is 1. The summed E-state index contributed by atoms with van der Waals surface area (Å²) in [6.07, 6.45) is 2.07. The lowest BCUT2D eigenvalue weighted by atomic mass is 10.1. The SMILES string of the molecule is COCCNCC(N)CCc1ccccc1. The molecule has 0 aliphatic carbocycles. The van der Waals surface area contributed by atoms with E-state index in [-0.39, 0.29) is 6.04 Å². The lowest BCUT2D eigenvalue weighted by Gasteiger charge is -2.12. The summed E-state index contributed by atoms with van der Waals surface area (Å²) in [7, 11) is 1.71. The smallest absolute Gasteiger partial charge is 0.0587 e. The molecule has 3 N–H and O–H groups in total. The Morgan fingerprint density at radius 2 is 2.06 bits per heavy atom. The molecule has 0 aliphatic heterocycles. The third kappa shape index (κ3) is 5.85. The van der Waals surface area contributed by atoms with Crippen molar-refractivity contribution < 1.29 is 4.74 Å². The molecule has 0 spiro atoms. The predicted molar refractivity (Wildman–Crippen MR) is 67.5 cm³/mol. The van der Waals surface area contributed by atoms with Crippen molar-refractivity contribution in [3.63, 3.8) is 0 Å². The van der Waals surface area contributed by atoms with Crippen LogP contribution in [0.15, 0.2) is 30.3 Å². The highest BCUT2D eigenvalue weighted by molar-refractivity contribution is 5.14. The number of nitrogens with two attached hydrogens (primary N) is 1. The summed E-state index contributed by atoms with van der Waals surface area (Å²) in [5.74, 6) is 0. The minimum Gasteiger partial charge on any atom is -0.383 e. The fourth-order valence-electron chi connectivity index (χ4n) is 1.56. The van der Waals surface area contributed by atoms with Crippen molar-refractivity contribution in [2.45, 2.75) is 18.9 Å². The molecule has 0 saturated carbocycles. The summed E-state index contributed by atoms with van der Waals surface area (Å²) in [6, 6.07) is 10.7. The van der Waals surface area contributed by atoms with Gasteiger partial charge in [-0.25, -0.2) is 0 Å². The standard InChI is InChI=1S/C13H22N2O/c1-16-10-9-15-11-13(14)8-7-12-5-3-2-4-6-12/h2-6,13,15H,7-11,14H2,1H3. The Kier molecular flexibility index (Phi) is 6.81. The van der Waals surface area contributed by atoms with Gasteiger partial charge in [-0.1, -0.05) is 30.3 Å². The Labute approximate surface area is 98.0 Å². The molecule has 0 aliphatic rings. The number of ether oxygens (including phenoxy) is 1. The van der Waals surface area contributed by atoms with Gasteiger partial charge in [-0.2, -0.15) is 0 Å². The maximum absolute atomic E-state index is 6.00. The average molecular weight is 222 g/mol. The van der Waals surface area contributed by atoms with E-state index < -0.39 is 0 Å². The first kappa shape index (κ1) is 13.2. The van der Waals surface area contributed by atoms with Gasteiger partial charge in [0.2, 0.25) is 0 Å².